The molecule has 1 saturated heterocycles. The Bertz CT molecular complexity index is 837. The van der Waals surface area contributed by atoms with Crippen LogP contribution in [0.5, 0.6) is 0 Å². The number of ether oxygens (including phenoxy) is 2. The number of esters is 1. The lowest BCUT2D eigenvalue weighted by Gasteiger charge is -2.29. The highest BCUT2D eigenvalue weighted by Crippen LogP contribution is 2.39. The van der Waals surface area contributed by atoms with Crippen LogP contribution in [-0.4, -0.2) is 30.7 Å². The third-order valence-electron chi connectivity index (χ3n) is 4.64. The predicted octanol–water partition coefficient (Wildman–Crippen LogP) is 2.88. The summed E-state index contributed by atoms with van der Waals surface area (Å²) >= 11 is 0. The highest BCUT2D eigenvalue weighted by Gasteiger charge is 2.44. The molecule has 1 N–H and O–H groups in total. The molecular formula is C20H20N2O5. The molecule has 1 unspecified atom stereocenters. The molecule has 27 heavy (non-hydrogen) atoms. The van der Waals surface area contributed by atoms with Gasteiger partial charge in [-0.05, 0) is 23.3 Å². The van der Waals surface area contributed by atoms with Crippen LogP contribution in [0.3, 0.4) is 0 Å². The van der Waals surface area contributed by atoms with Crippen molar-refractivity contribution in [2.75, 3.05) is 13.7 Å². The number of nitrogens with zero attached hydrogens (tertiary/aromatic N) is 1. The first-order valence-electron chi connectivity index (χ1n) is 8.44. The summed E-state index contributed by atoms with van der Waals surface area (Å²) in [5.41, 5.74) is 0.196. The highest BCUT2D eigenvalue weighted by molar-refractivity contribution is 5.85. The Balaban J connectivity index is 1.78. The Hall–Kier alpha value is -3.03. The number of epoxide rings is 1. The number of carbonyl (C=O) groups is 1. The van der Waals surface area contributed by atoms with Gasteiger partial charge in [0.15, 0.2) is 5.54 Å². The van der Waals surface area contributed by atoms with Crippen LogP contribution in [0.2, 0.25) is 0 Å². The Morgan fingerprint density at radius 1 is 1.30 bits per heavy atom. The summed E-state index contributed by atoms with van der Waals surface area (Å²) in [7, 11) is 1.29. The van der Waals surface area contributed by atoms with E-state index in [4.69, 9.17) is 9.47 Å². The fraction of sp³-hybridized carbons (Fsp3) is 0.250. The van der Waals surface area contributed by atoms with Crippen molar-refractivity contribution in [2.24, 2.45) is 0 Å². The molecule has 0 amide bonds. The van der Waals surface area contributed by atoms with E-state index >= 15 is 0 Å². The second-order valence-corrected chi connectivity index (χ2v) is 6.19. The second-order valence-electron chi connectivity index (χ2n) is 6.19. The molecular weight excluding hydrogens is 348 g/mol. The van der Waals surface area contributed by atoms with Crippen molar-refractivity contribution in [3.05, 3.63) is 88.5 Å². The maximum absolute atomic E-state index is 12.5. The molecule has 0 aliphatic carbocycles. The zero-order chi connectivity index (χ0) is 19.4. The van der Waals surface area contributed by atoms with Gasteiger partial charge in [0.25, 0.3) is 5.69 Å². The molecule has 7 heteroatoms. The molecule has 1 heterocycles. The molecule has 1 fully saturated rings. The van der Waals surface area contributed by atoms with E-state index in [2.05, 4.69) is 11.9 Å². The highest BCUT2D eigenvalue weighted by atomic mass is 16.6. The van der Waals surface area contributed by atoms with Gasteiger partial charge in [-0.2, -0.15) is 0 Å². The number of carbonyl (C=O) groups excluding carboxylic acids is 1. The maximum Gasteiger partial charge on any atom is 0.334 e. The summed E-state index contributed by atoms with van der Waals surface area (Å²) in [5, 5.41) is 14.1. The van der Waals surface area contributed by atoms with Crippen LogP contribution in [-0.2, 0) is 19.8 Å². The zero-order valence-corrected chi connectivity index (χ0v) is 14.8. The van der Waals surface area contributed by atoms with Crippen molar-refractivity contribution in [1.29, 1.82) is 0 Å². The van der Waals surface area contributed by atoms with E-state index in [1.807, 2.05) is 30.3 Å². The summed E-state index contributed by atoms with van der Waals surface area (Å²) < 4.78 is 10.7. The number of methoxy groups -OCH3 is 1. The summed E-state index contributed by atoms with van der Waals surface area (Å²) in [5.74, 6) is -0.553. The van der Waals surface area contributed by atoms with E-state index in [-0.39, 0.29) is 17.9 Å². The van der Waals surface area contributed by atoms with Crippen LogP contribution in [0.4, 0.5) is 5.69 Å². The largest absolute Gasteiger partial charge is 0.467 e. The van der Waals surface area contributed by atoms with Gasteiger partial charge >= 0.3 is 5.97 Å². The summed E-state index contributed by atoms with van der Waals surface area (Å²) in [6.07, 6.45) is 1.32. The number of nitro benzene ring substituents is 1. The first-order valence-corrected chi connectivity index (χ1v) is 8.44. The Morgan fingerprint density at radius 3 is 2.52 bits per heavy atom. The number of rotatable bonds is 8. The molecule has 0 aromatic heterocycles. The normalized spacial score (nSPS) is 20.3. The third-order valence-corrected chi connectivity index (χ3v) is 4.64. The maximum atomic E-state index is 12.5. The van der Waals surface area contributed by atoms with E-state index in [1.165, 1.54) is 37.5 Å². The molecule has 140 valence electrons. The average Bonchev–Trinajstić information content (AvgIpc) is 3.49. The van der Waals surface area contributed by atoms with E-state index in [0.717, 1.165) is 5.56 Å². The van der Waals surface area contributed by atoms with Crippen LogP contribution in [0.1, 0.15) is 17.2 Å². The summed E-state index contributed by atoms with van der Waals surface area (Å²) in [6.45, 7) is 4.16. The van der Waals surface area contributed by atoms with Gasteiger partial charge in [-0.3, -0.25) is 15.4 Å². The minimum Gasteiger partial charge on any atom is -0.467 e. The van der Waals surface area contributed by atoms with Crippen LogP contribution in [0.25, 0.3) is 0 Å². The molecule has 3 rings (SSSR count). The fourth-order valence-corrected chi connectivity index (χ4v) is 3.07. The molecule has 2 aromatic rings. The lowest BCUT2D eigenvalue weighted by molar-refractivity contribution is -0.384. The van der Waals surface area contributed by atoms with Crippen LogP contribution in [0.15, 0.2) is 67.3 Å². The first-order chi connectivity index (χ1) is 13.0. The molecule has 0 saturated carbocycles. The van der Waals surface area contributed by atoms with E-state index in [9.17, 15) is 14.9 Å². The number of hydrogen-bond donors (Lipinski definition) is 1. The van der Waals surface area contributed by atoms with Gasteiger partial charge in [0.2, 0.25) is 0 Å². The zero-order valence-electron chi connectivity index (χ0n) is 14.8. The third kappa shape index (κ3) is 3.74. The molecule has 7 nitrogen and oxygen atoms in total. The number of nitrogens with one attached hydrogen (secondary N) is 1. The fourth-order valence-electron chi connectivity index (χ4n) is 3.07. The van der Waals surface area contributed by atoms with Gasteiger partial charge in [-0.15, -0.1) is 6.58 Å². The van der Waals surface area contributed by atoms with Gasteiger partial charge < -0.3 is 9.47 Å². The number of non-ortho nitro benzene ring substituents is 1. The smallest absolute Gasteiger partial charge is 0.334 e. The SMILES string of the molecule is C=CC(NC[C@H]1O[C@H]1c1ccccc1)(C(=O)OC)c1ccc([N+](=O)[O-])cc1. The standard InChI is InChI=1S/C20H20N2O5/c1-3-20(19(23)26-2,15-9-11-16(12-10-15)22(24)25)21-13-17-18(27-17)14-7-5-4-6-8-14/h3-12,17-18,21H,1,13H2,2H3/t17-,18+,20?/m1/s1. The van der Waals surface area contributed by atoms with Gasteiger partial charge in [-0.1, -0.05) is 36.4 Å². The first kappa shape index (κ1) is 18.8. The average molecular weight is 368 g/mol. The monoisotopic (exact) mass is 368 g/mol. The van der Waals surface area contributed by atoms with Crippen molar-refractivity contribution in [3.63, 3.8) is 0 Å². The van der Waals surface area contributed by atoms with Crippen LogP contribution < -0.4 is 5.32 Å². The predicted molar refractivity (Wildman–Crippen MR) is 99.0 cm³/mol. The summed E-state index contributed by atoms with van der Waals surface area (Å²) in [4.78, 5) is 22.9. The lowest BCUT2D eigenvalue weighted by atomic mass is 9.89. The lowest BCUT2D eigenvalue weighted by Crippen LogP contribution is -2.49. The molecule has 0 radical (unpaired) electrons. The van der Waals surface area contributed by atoms with Gasteiger partial charge in [0.05, 0.1) is 12.0 Å². The van der Waals surface area contributed by atoms with Gasteiger partial charge in [0, 0.05) is 18.7 Å². The van der Waals surface area contributed by atoms with Crippen LogP contribution in [0, 0.1) is 10.1 Å². The van der Waals surface area contributed by atoms with Crippen molar-refractivity contribution < 1.29 is 19.2 Å². The number of benzene rings is 2. The molecule has 1 aliphatic heterocycles. The van der Waals surface area contributed by atoms with E-state index in [0.29, 0.717) is 12.1 Å². The van der Waals surface area contributed by atoms with E-state index < -0.39 is 16.4 Å². The van der Waals surface area contributed by atoms with Crippen molar-refractivity contribution in [1.82, 2.24) is 5.32 Å². The van der Waals surface area contributed by atoms with E-state index in [1.54, 1.807) is 0 Å². The Morgan fingerprint density at radius 2 is 1.96 bits per heavy atom. The summed E-state index contributed by atoms with van der Waals surface area (Å²) in [6, 6.07) is 15.5. The minimum absolute atomic E-state index is 0.0317. The van der Waals surface area contributed by atoms with Crippen molar-refractivity contribution in [3.8, 4) is 0 Å². The molecule has 2 aromatic carbocycles. The molecule has 0 spiro atoms. The second kappa shape index (κ2) is 7.69. The quantitative estimate of drug-likeness (QED) is 0.253. The number of nitro groups is 1. The van der Waals surface area contributed by atoms with Gasteiger partial charge in [-0.25, -0.2) is 4.79 Å². The van der Waals surface area contributed by atoms with Gasteiger partial charge in [0.1, 0.15) is 12.2 Å². The topological polar surface area (TPSA) is 94.0 Å². The van der Waals surface area contributed by atoms with Crippen molar-refractivity contribution in [2.45, 2.75) is 17.7 Å². The molecule has 0 bridgehead atoms. The van der Waals surface area contributed by atoms with Crippen LogP contribution >= 0.6 is 0 Å². The minimum atomic E-state index is -1.32. The molecule has 1 aliphatic rings. The Kier molecular flexibility index (Phi) is 5.34. The number of hydrogen-bond acceptors (Lipinski definition) is 6. The Labute approximate surface area is 156 Å². The van der Waals surface area contributed by atoms with Crippen molar-refractivity contribution >= 4 is 11.7 Å². The molecule has 3 atom stereocenters.